The van der Waals surface area contributed by atoms with Crippen LogP contribution in [0.25, 0.3) is 0 Å². The van der Waals surface area contributed by atoms with E-state index in [9.17, 15) is 9.50 Å². The third-order valence-electron chi connectivity index (χ3n) is 3.24. The minimum Gasteiger partial charge on any atom is -0.388 e. The maximum absolute atomic E-state index is 13.1. The van der Waals surface area contributed by atoms with Crippen LogP contribution in [0, 0.1) is 5.82 Å². The number of hydrogen-bond donors (Lipinski definition) is 2. The Hall–Kier alpha value is -0.970. The molecule has 0 aliphatic heterocycles. The Labute approximate surface area is 121 Å². The predicted octanol–water partition coefficient (Wildman–Crippen LogP) is 2.05. The van der Waals surface area contributed by atoms with Crippen molar-refractivity contribution in [2.75, 3.05) is 27.2 Å². The van der Waals surface area contributed by atoms with Gasteiger partial charge in [0.2, 0.25) is 0 Å². The van der Waals surface area contributed by atoms with Crippen LogP contribution in [-0.4, -0.2) is 48.8 Å². The Bertz CT molecular complexity index is 407. The van der Waals surface area contributed by atoms with Crippen molar-refractivity contribution in [1.29, 1.82) is 0 Å². The number of nitrogens with one attached hydrogen (secondary N) is 1. The van der Waals surface area contributed by atoms with Crippen LogP contribution >= 0.6 is 0 Å². The summed E-state index contributed by atoms with van der Waals surface area (Å²) in [4.78, 5) is 1.97. The first kappa shape index (κ1) is 17.1. The number of hydrogen-bond acceptors (Lipinski definition) is 3. The normalized spacial score (nSPS) is 16.1. The standard InChI is InChI=1S/C16H27FN2O/c1-13(18-11-16(2,20)12-19(3)4)8-9-14-6-5-7-15(17)10-14/h5-7,10,13,18,20H,8-9,11-12H2,1-4H3. The fourth-order valence-corrected chi connectivity index (χ4v) is 2.31. The van der Waals surface area contributed by atoms with Crippen molar-refractivity contribution < 1.29 is 9.50 Å². The lowest BCUT2D eigenvalue weighted by Gasteiger charge is -2.28. The predicted molar refractivity (Wildman–Crippen MR) is 81.4 cm³/mol. The van der Waals surface area contributed by atoms with Gasteiger partial charge in [-0.1, -0.05) is 12.1 Å². The quantitative estimate of drug-likeness (QED) is 0.766. The highest BCUT2D eigenvalue weighted by Gasteiger charge is 2.21. The van der Waals surface area contributed by atoms with Crippen LogP contribution in [-0.2, 0) is 6.42 Å². The van der Waals surface area contributed by atoms with Crippen LogP contribution in [0.1, 0.15) is 25.8 Å². The lowest BCUT2D eigenvalue weighted by molar-refractivity contribution is 0.0316. The Morgan fingerprint density at radius 1 is 1.40 bits per heavy atom. The summed E-state index contributed by atoms with van der Waals surface area (Å²) in [5.41, 5.74) is 0.273. The van der Waals surface area contributed by atoms with Gasteiger partial charge < -0.3 is 15.3 Å². The minimum absolute atomic E-state index is 0.183. The van der Waals surface area contributed by atoms with Gasteiger partial charge in [0.25, 0.3) is 0 Å². The highest BCUT2D eigenvalue weighted by molar-refractivity contribution is 5.16. The maximum Gasteiger partial charge on any atom is 0.123 e. The fourth-order valence-electron chi connectivity index (χ4n) is 2.31. The Morgan fingerprint density at radius 2 is 2.10 bits per heavy atom. The van der Waals surface area contributed by atoms with Crippen LogP contribution in [0.3, 0.4) is 0 Å². The molecule has 0 aromatic heterocycles. The largest absolute Gasteiger partial charge is 0.388 e. The summed E-state index contributed by atoms with van der Waals surface area (Å²) in [6.45, 7) is 5.09. The molecule has 114 valence electrons. The first-order chi connectivity index (χ1) is 9.28. The Morgan fingerprint density at radius 3 is 2.70 bits per heavy atom. The van der Waals surface area contributed by atoms with E-state index in [4.69, 9.17) is 0 Å². The third kappa shape index (κ3) is 6.98. The molecule has 3 nitrogen and oxygen atoms in total. The van der Waals surface area contributed by atoms with Crippen molar-refractivity contribution in [3.63, 3.8) is 0 Å². The molecular formula is C16H27FN2O. The van der Waals surface area contributed by atoms with Crippen molar-refractivity contribution in [1.82, 2.24) is 10.2 Å². The Balaban J connectivity index is 2.31. The van der Waals surface area contributed by atoms with E-state index in [1.165, 1.54) is 6.07 Å². The van der Waals surface area contributed by atoms with E-state index >= 15 is 0 Å². The second-order valence-corrected chi connectivity index (χ2v) is 6.19. The molecule has 20 heavy (non-hydrogen) atoms. The Kier molecular flexibility index (Phi) is 6.59. The molecule has 0 aliphatic rings. The van der Waals surface area contributed by atoms with Gasteiger partial charge in [-0.2, -0.15) is 0 Å². The van der Waals surface area contributed by atoms with Crippen LogP contribution in [0.4, 0.5) is 4.39 Å². The van der Waals surface area contributed by atoms with Crippen molar-refractivity contribution >= 4 is 0 Å². The maximum atomic E-state index is 13.1. The topological polar surface area (TPSA) is 35.5 Å². The molecule has 4 heteroatoms. The molecule has 1 rings (SSSR count). The number of benzene rings is 1. The van der Waals surface area contributed by atoms with E-state index in [-0.39, 0.29) is 11.9 Å². The number of nitrogens with zero attached hydrogens (tertiary/aromatic N) is 1. The van der Waals surface area contributed by atoms with Gasteiger partial charge in [0.1, 0.15) is 5.82 Å². The van der Waals surface area contributed by atoms with Crippen molar-refractivity contribution in [2.24, 2.45) is 0 Å². The van der Waals surface area contributed by atoms with Gasteiger partial charge in [0.05, 0.1) is 5.60 Å². The lowest BCUT2D eigenvalue weighted by atomic mass is 10.0. The van der Waals surface area contributed by atoms with Gasteiger partial charge in [-0.3, -0.25) is 0 Å². The van der Waals surface area contributed by atoms with Crippen molar-refractivity contribution in [3.05, 3.63) is 35.6 Å². The lowest BCUT2D eigenvalue weighted by Crippen LogP contribution is -2.47. The number of aliphatic hydroxyl groups is 1. The van der Waals surface area contributed by atoms with E-state index in [1.54, 1.807) is 12.1 Å². The average molecular weight is 282 g/mol. The van der Waals surface area contributed by atoms with E-state index in [2.05, 4.69) is 12.2 Å². The number of halogens is 1. The number of rotatable bonds is 8. The molecule has 1 aromatic rings. The molecule has 2 unspecified atom stereocenters. The van der Waals surface area contributed by atoms with Gasteiger partial charge in [-0.25, -0.2) is 4.39 Å². The molecule has 0 heterocycles. The molecule has 0 saturated heterocycles. The molecule has 0 radical (unpaired) electrons. The van der Waals surface area contributed by atoms with Gasteiger partial charge in [0, 0.05) is 19.1 Å². The molecule has 1 aromatic carbocycles. The molecule has 0 saturated carbocycles. The summed E-state index contributed by atoms with van der Waals surface area (Å²) in [6.07, 6.45) is 1.75. The minimum atomic E-state index is -0.739. The highest BCUT2D eigenvalue weighted by atomic mass is 19.1. The van der Waals surface area contributed by atoms with Crippen LogP contribution < -0.4 is 5.32 Å². The third-order valence-corrected chi connectivity index (χ3v) is 3.24. The fraction of sp³-hybridized carbons (Fsp3) is 0.625. The van der Waals surface area contributed by atoms with Crippen LogP contribution in [0.5, 0.6) is 0 Å². The van der Waals surface area contributed by atoms with Gasteiger partial charge >= 0.3 is 0 Å². The van der Waals surface area contributed by atoms with Gasteiger partial charge in [-0.05, 0) is 58.5 Å². The number of aryl methyl sites for hydroxylation is 1. The zero-order chi connectivity index (χ0) is 15.2. The molecule has 0 fully saturated rings. The molecule has 0 amide bonds. The van der Waals surface area contributed by atoms with Crippen LogP contribution in [0.15, 0.2) is 24.3 Å². The van der Waals surface area contributed by atoms with Gasteiger partial charge in [0.15, 0.2) is 0 Å². The summed E-state index contributed by atoms with van der Waals surface area (Å²) in [5, 5.41) is 13.5. The summed E-state index contributed by atoms with van der Waals surface area (Å²) in [7, 11) is 3.89. The van der Waals surface area contributed by atoms with Crippen LogP contribution in [0.2, 0.25) is 0 Å². The van der Waals surface area contributed by atoms with Crippen molar-refractivity contribution in [2.45, 2.75) is 38.3 Å². The second-order valence-electron chi connectivity index (χ2n) is 6.19. The monoisotopic (exact) mass is 282 g/mol. The van der Waals surface area contributed by atoms with E-state index < -0.39 is 5.60 Å². The zero-order valence-electron chi connectivity index (χ0n) is 13.0. The van der Waals surface area contributed by atoms with E-state index in [0.29, 0.717) is 13.1 Å². The number of likely N-dealkylation sites (N-methyl/N-ethyl adjacent to an activating group) is 1. The molecular weight excluding hydrogens is 255 g/mol. The van der Waals surface area contributed by atoms with E-state index in [0.717, 1.165) is 18.4 Å². The van der Waals surface area contributed by atoms with E-state index in [1.807, 2.05) is 32.0 Å². The summed E-state index contributed by atoms with van der Waals surface area (Å²) in [5.74, 6) is -0.183. The first-order valence-corrected chi connectivity index (χ1v) is 7.13. The molecule has 2 atom stereocenters. The van der Waals surface area contributed by atoms with Crippen molar-refractivity contribution in [3.8, 4) is 0 Å². The summed E-state index contributed by atoms with van der Waals surface area (Å²) >= 11 is 0. The van der Waals surface area contributed by atoms with Gasteiger partial charge in [-0.15, -0.1) is 0 Å². The molecule has 0 bridgehead atoms. The SMILES string of the molecule is CC(CCc1cccc(F)c1)NCC(C)(O)CN(C)C. The molecule has 0 spiro atoms. The molecule has 0 aliphatic carbocycles. The first-order valence-electron chi connectivity index (χ1n) is 7.13. The smallest absolute Gasteiger partial charge is 0.123 e. The average Bonchev–Trinajstić information content (AvgIpc) is 2.32. The summed E-state index contributed by atoms with van der Waals surface area (Å²) < 4.78 is 13.1. The molecule has 2 N–H and O–H groups in total. The highest BCUT2D eigenvalue weighted by Crippen LogP contribution is 2.09. The second kappa shape index (κ2) is 7.72. The zero-order valence-corrected chi connectivity index (χ0v) is 13.0. The summed E-state index contributed by atoms with van der Waals surface area (Å²) in [6, 6.07) is 7.01.